The predicted octanol–water partition coefficient (Wildman–Crippen LogP) is 0.837. The van der Waals surface area contributed by atoms with Crippen LogP contribution in [0.4, 0.5) is 0 Å². The van der Waals surface area contributed by atoms with E-state index in [9.17, 15) is 4.79 Å². The van der Waals surface area contributed by atoms with Crippen LogP contribution in [0.1, 0.15) is 24.2 Å². The fourth-order valence-corrected chi connectivity index (χ4v) is 1.23. The van der Waals surface area contributed by atoms with E-state index >= 15 is 0 Å². The van der Waals surface area contributed by atoms with Crippen LogP contribution in [0.3, 0.4) is 0 Å². The van der Waals surface area contributed by atoms with Crippen molar-refractivity contribution < 1.29 is 14.6 Å². The minimum atomic E-state index is -0.201. The third-order valence-corrected chi connectivity index (χ3v) is 2.71. The van der Waals surface area contributed by atoms with E-state index in [0.717, 1.165) is 0 Å². The van der Waals surface area contributed by atoms with Crippen LogP contribution in [-0.4, -0.2) is 35.8 Å². The van der Waals surface area contributed by atoms with Gasteiger partial charge in [-0.3, -0.25) is 4.79 Å². The summed E-state index contributed by atoms with van der Waals surface area (Å²) in [5, 5.41) is 11.8. The Kier molecular flexibility index (Phi) is 4.90. The molecule has 1 heterocycles. The number of methoxy groups -OCH3 is 1. The quantitative estimate of drug-likeness (QED) is 0.797. The molecule has 0 aromatic carbocycles. The zero-order chi connectivity index (χ0) is 12.8. The largest absolute Gasteiger partial charge is 0.481 e. The van der Waals surface area contributed by atoms with Crippen LogP contribution in [0.25, 0.3) is 0 Å². The highest BCUT2D eigenvalue weighted by atomic mass is 16.5. The number of hydrogen-bond donors (Lipinski definition) is 2. The molecule has 0 aliphatic carbocycles. The molecule has 1 rings (SSSR count). The van der Waals surface area contributed by atoms with Crippen molar-refractivity contribution in [1.82, 2.24) is 10.3 Å². The van der Waals surface area contributed by atoms with Crippen molar-refractivity contribution in [3.05, 3.63) is 23.9 Å². The number of nitrogens with zero attached hydrogens (tertiary/aromatic N) is 1. The highest BCUT2D eigenvalue weighted by Crippen LogP contribution is 2.08. The molecule has 5 heteroatoms. The van der Waals surface area contributed by atoms with Crippen LogP contribution in [0, 0.1) is 5.92 Å². The molecule has 2 unspecified atom stereocenters. The second kappa shape index (κ2) is 6.20. The molecule has 0 saturated carbocycles. The number of nitrogens with one attached hydrogen (secondary N) is 1. The highest BCUT2D eigenvalue weighted by Gasteiger charge is 2.15. The number of aliphatic hydroxyl groups is 1. The maximum absolute atomic E-state index is 11.8. The van der Waals surface area contributed by atoms with Crippen LogP contribution in [0.15, 0.2) is 18.3 Å². The Bertz CT molecular complexity index is 365. The lowest BCUT2D eigenvalue weighted by molar-refractivity contribution is 0.0916. The van der Waals surface area contributed by atoms with Crippen LogP contribution in [0.5, 0.6) is 5.88 Å². The summed E-state index contributed by atoms with van der Waals surface area (Å²) < 4.78 is 4.91. The average molecular weight is 238 g/mol. The number of hydrogen-bond acceptors (Lipinski definition) is 4. The summed E-state index contributed by atoms with van der Waals surface area (Å²) in [7, 11) is 1.52. The Morgan fingerprint density at radius 1 is 1.53 bits per heavy atom. The second-order valence-corrected chi connectivity index (χ2v) is 4.01. The zero-order valence-corrected chi connectivity index (χ0v) is 10.3. The highest BCUT2D eigenvalue weighted by molar-refractivity contribution is 5.94. The monoisotopic (exact) mass is 238 g/mol. The van der Waals surface area contributed by atoms with Gasteiger partial charge in [0.25, 0.3) is 5.91 Å². The number of aromatic nitrogens is 1. The lowest BCUT2D eigenvalue weighted by atomic mass is 10.0. The van der Waals surface area contributed by atoms with Crippen molar-refractivity contribution in [2.45, 2.75) is 19.9 Å². The Balaban J connectivity index is 2.63. The standard InChI is InChI=1S/C12H18N2O3/c1-8(7-15)9(2)14-12(16)10-4-5-11(17-3)13-6-10/h4-6,8-9,15H,7H2,1-3H3,(H,14,16). The molecule has 1 aromatic rings. The van der Waals surface area contributed by atoms with Crippen molar-refractivity contribution in [1.29, 1.82) is 0 Å². The molecule has 1 aromatic heterocycles. The summed E-state index contributed by atoms with van der Waals surface area (Å²) >= 11 is 0. The van der Waals surface area contributed by atoms with Crippen molar-refractivity contribution in [2.24, 2.45) is 5.92 Å². The third kappa shape index (κ3) is 3.71. The number of amides is 1. The second-order valence-electron chi connectivity index (χ2n) is 4.01. The number of aliphatic hydroxyl groups excluding tert-OH is 1. The van der Waals surface area contributed by atoms with Gasteiger partial charge >= 0.3 is 0 Å². The van der Waals surface area contributed by atoms with Crippen LogP contribution in [0.2, 0.25) is 0 Å². The van der Waals surface area contributed by atoms with Crippen LogP contribution < -0.4 is 10.1 Å². The molecular weight excluding hydrogens is 220 g/mol. The van der Waals surface area contributed by atoms with E-state index in [1.54, 1.807) is 12.1 Å². The Morgan fingerprint density at radius 2 is 2.24 bits per heavy atom. The summed E-state index contributed by atoms with van der Waals surface area (Å²) in [4.78, 5) is 15.8. The van der Waals surface area contributed by atoms with Gasteiger partial charge in [0, 0.05) is 24.9 Å². The fourth-order valence-electron chi connectivity index (χ4n) is 1.23. The number of ether oxygens (including phenoxy) is 1. The lowest BCUT2D eigenvalue weighted by Crippen LogP contribution is -2.38. The topological polar surface area (TPSA) is 71.5 Å². The molecule has 0 saturated heterocycles. The predicted molar refractivity (Wildman–Crippen MR) is 64.0 cm³/mol. The van der Waals surface area contributed by atoms with E-state index in [0.29, 0.717) is 11.4 Å². The summed E-state index contributed by atoms with van der Waals surface area (Å²) in [5.74, 6) is 0.288. The van der Waals surface area contributed by atoms with Gasteiger partial charge in [0.1, 0.15) is 0 Å². The van der Waals surface area contributed by atoms with E-state index < -0.39 is 0 Å². The minimum absolute atomic E-state index is 0.0187. The van der Waals surface area contributed by atoms with E-state index in [1.165, 1.54) is 13.3 Å². The first-order chi connectivity index (χ1) is 8.08. The van der Waals surface area contributed by atoms with Gasteiger partial charge in [0.2, 0.25) is 5.88 Å². The SMILES string of the molecule is COc1ccc(C(=O)NC(C)C(C)CO)cn1. The molecule has 0 fully saturated rings. The number of pyridine rings is 1. The zero-order valence-electron chi connectivity index (χ0n) is 10.3. The Hall–Kier alpha value is -1.62. The molecule has 0 bridgehead atoms. The molecule has 5 nitrogen and oxygen atoms in total. The van der Waals surface area contributed by atoms with Crippen molar-refractivity contribution in [2.75, 3.05) is 13.7 Å². The molecule has 0 radical (unpaired) electrons. The molecule has 2 N–H and O–H groups in total. The molecule has 1 amide bonds. The van der Waals surface area contributed by atoms with Gasteiger partial charge in [-0.05, 0) is 18.9 Å². The summed E-state index contributed by atoms with van der Waals surface area (Å²) in [6.07, 6.45) is 1.46. The molecule has 2 atom stereocenters. The van der Waals surface area contributed by atoms with Gasteiger partial charge in [-0.1, -0.05) is 6.92 Å². The van der Waals surface area contributed by atoms with E-state index in [1.807, 2.05) is 13.8 Å². The van der Waals surface area contributed by atoms with Crippen LogP contribution in [-0.2, 0) is 0 Å². The Morgan fingerprint density at radius 3 is 2.71 bits per heavy atom. The number of carbonyl (C=O) groups is 1. The van der Waals surface area contributed by atoms with Gasteiger partial charge in [-0.2, -0.15) is 0 Å². The van der Waals surface area contributed by atoms with E-state index in [4.69, 9.17) is 9.84 Å². The summed E-state index contributed by atoms with van der Waals surface area (Å²) in [6, 6.07) is 3.20. The molecule has 0 spiro atoms. The van der Waals surface area contributed by atoms with Crippen molar-refractivity contribution >= 4 is 5.91 Å². The molecule has 94 valence electrons. The van der Waals surface area contributed by atoms with Gasteiger partial charge < -0.3 is 15.2 Å². The van der Waals surface area contributed by atoms with Gasteiger partial charge in [-0.15, -0.1) is 0 Å². The van der Waals surface area contributed by atoms with Gasteiger partial charge in [-0.25, -0.2) is 4.98 Å². The van der Waals surface area contributed by atoms with Crippen LogP contribution >= 0.6 is 0 Å². The summed E-state index contributed by atoms with van der Waals surface area (Å²) in [6.45, 7) is 3.77. The molecule has 17 heavy (non-hydrogen) atoms. The first kappa shape index (κ1) is 13.4. The first-order valence-corrected chi connectivity index (χ1v) is 5.50. The fraction of sp³-hybridized carbons (Fsp3) is 0.500. The smallest absolute Gasteiger partial charge is 0.253 e. The molecule has 0 aliphatic rings. The normalized spacial score (nSPS) is 13.9. The van der Waals surface area contributed by atoms with Gasteiger partial charge in [0.15, 0.2) is 0 Å². The third-order valence-electron chi connectivity index (χ3n) is 2.71. The number of rotatable bonds is 5. The molecule has 0 aliphatic heterocycles. The van der Waals surface area contributed by atoms with E-state index in [-0.39, 0.29) is 24.5 Å². The maximum Gasteiger partial charge on any atom is 0.253 e. The maximum atomic E-state index is 11.8. The average Bonchev–Trinajstić information content (AvgIpc) is 2.37. The van der Waals surface area contributed by atoms with Crippen molar-refractivity contribution in [3.8, 4) is 5.88 Å². The van der Waals surface area contributed by atoms with Crippen molar-refractivity contribution in [3.63, 3.8) is 0 Å². The van der Waals surface area contributed by atoms with Gasteiger partial charge in [0.05, 0.1) is 12.7 Å². The number of carbonyl (C=O) groups excluding carboxylic acids is 1. The first-order valence-electron chi connectivity index (χ1n) is 5.50. The molecular formula is C12H18N2O3. The summed E-state index contributed by atoms with van der Waals surface area (Å²) in [5.41, 5.74) is 0.475. The minimum Gasteiger partial charge on any atom is -0.481 e. The lowest BCUT2D eigenvalue weighted by Gasteiger charge is -2.19. The Labute approximate surface area is 101 Å². The van der Waals surface area contributed by atoms with E-state index in [2.05, 4.69) is 10.3 Å².